The Bertz CT molecular complexity index is 240. The Kier molecular flexibility index (Phi) is 7.33. The summed E-state index contributed by atoms with van der Waals surface area (Å²) in [6, 6.07) is 0. The summed E-state index contributed by atoms with van der Waals surface area (Å²) in [6.07, 6.45) is 6.35. The molecule has 1 fully saturated rings. The van der Waals surface area contributed by atoms with Crippen LogP contribution in [0.5, 0.6) is 0 Å². The van der Waals surface area contributed by atoms with E-state index in [1.54, 1.807) is 0 Å². The van der Waals surface area contributed by atoms with Crippen molar-refractivity contribution in [1.82, 2.24) is 9.80 Å². The molecule has 1 saturated heterocycles. The first-order chi connectivity index (χ1) is 9.11. The van der Waals surface area contributed by atoms with Crippen LogP contribution in [0.2, 0.25) is 0 Å². The third kappa shape index (κ3) is 4.44. The topological polar surface area (TPSA) is 32.5 Å². The zero-order chi connectivity index (χ0) is 14.3. The zero-order valence-corrected chi connectivity index (χ0v) is 13.6. The summed E-state index contributed by atoms with van der Waals surface area (Å²) >= 11 is 0. The van der Waals surface area contributed by atoms with Crippen LogP contribution in [0.1, 0.15) is 52.9 Å². The van der Waals surface area contributed by atoms with Gasteiger partial charge in [-0.25, -0.2) is 0 Å². The maximum atomic E-state index is 6.23. The molecule has 3 heteroatoms. The van der Waals surface area contributed by atoms with Crippen molar-refractivity contribution in [1.29, 1.82) is 0 Å². The lowest BCUT2D eigenvalue weighted by atomic mass is 9.87. The number of hydrogen-bond donors (Lipinski definition) is 1. The summed E-state index contributed by atoms with van der Waals surface area (Å²) in [5.41, 5.74) is 6.48. The highest BCUT2D eigenvalue weighted by atomic mass is 15.2. The van der Waals surface area contributed by atoms with Crippen molar-refractivity contribution in [2.45, 2.75) is 58.4 Å². The van der Waals surface area contributed by atoms with Gasteiger partial charge in [-0.1, -0.05) is 33.6 Å². The number of rotatable bonds is 7. The van der Waals surface area contributed by atoms with Crippen LogP contribution in [0.25, 0.3) is 0 Å². The molecule has 1 aliphatic rings. The predicted molar refractivity (Wildman–Crippen MR) is 84.5 cm³/mol. The molecule has 0 amide bonds. The highest BCUT2D eigenvalue weighted by Crippen LogP contribution is 2.29. The molecule has 1 atom stereocenters. The van der Waals surface area contributed by atoms with E-state index in [1.807, 2.05) is 0 Å². The molecule has 0 aromatic rings. The Hall–Kier alpha value is -0.120. The van der Waals surface area contributed by atoms with E-state index in [4.69, 9.17) is 5.73 Å². The second-order valence-electron chi connectivity index (χ2n) is 6.31. The van der Waals surface area contributed by atoms with Crippen LogP contribution in [0.3, 0.4) is 0 Å². The monoisotopic (exact) mass is 269 g/mol. The standard InChI is InChI=1S/C16H35N3/c1-5-15(6-2)13-19(7-3)16(14-17)9-8-11-18(4)12-10-16/h15H,5-14,17H2,1-4H3. The molecular formula is C16H35N3. The van der Waals surface area contributed by atoms with Gasteiger partial charge in [0.05, 0.1) is 0 Å². The van der Waals surface area contributed by atoms with E-state index in [2.05, 4.69) is 37.6 Å². The molecule has 0 aliphatic carbocycles. The van der Waals surface area contributed by atoms with E-state index in [0.717, 1.165) is 19.0 Å². The highest BCUT2D eigenvalue weighted by molar-refractivity contribution is 4.94. The van der Waals surface area contributed by atoms with Crippen molar-refractivity contribution in [3.8, 4) is 0 Å². The largest absolute Gasteiger partial charge is 0.329 e. The minimum atomic E-state index is 0.252. The van der Waals surface area contributed by atoms with Gasteiger partial charge in [-0.2, -0.15) is 0 Å². The normalized spacial score (nSPS) is 26.1. The van der Waals surface area contributed by atoms with E-state index in [0.29, 0.717) is 0 Å². The number of nitrogens with zero attached hydrogens (tertiary/aromatic N) is 2. The van der Waals surface area contributed by atoms with Gasteiger partial charge in [-0.15, -0.1) is 0 Å². The minimum absolute atomic E-state index is 0.252. The van der Waals surface area contributed by atoms with Crippen molar-refractivity contribution in [3.63, 3.8) is 0 Å². The Morgan fingerprint density at radius 2 is 1.84 bits per heavy atom. The molecular weight excluding hydrogens is 234 g/mol. The fourth-order valence-corrected chi connectivity index (χ4v) is 3.48. The van der Waals surface area contributed by atoms with Crippen molar-refractivity contribution in [2.24, 2.45) is 11.7 Å². The first-order valence-corrected chi connectivity index (χ1v) is 8.25. The van der Waals surface area contributed by atoms with E-state index in [-0.39, 0.29) is 5.54 Å². The molecule has 1 rings (SSSR count). The lowest BCUT2D eigenvalue weighted by Gasteiger charge is -2.44. The maximum absolute atomic E-state index is 6.23. The summed E-state index contributed by atoms with van der Waals surface area (Å²) in [6.45, 7) is 12.5. The third-order valence-electron chi connectivity index (χ3n) is 5.21. The summed E-state index contributed by atoms with van der Waals surface area (Å²) in [7, 11) is 2.24. The molecule has 19 heavy (non-hydrogen) atoms. The van der Waals surface area contributed by atoms with Crippen LogP contribution < -0.4 is 5.73 Å². The molecule has 3 nitrogen and oxygen atoms in total. The number of likely N-dealkylation sites (tertiary alicyclic amines) is 1. The van der Waals surface area contributed by atoms with Gasteiger partial charge in [0.25, 0.3) is 0 Å². The summed E-state index contributed by atoms with van der Waals surface area (Å²) < 4.78 is 0. The molecule has 114 valence electrons. The molecule has 1 heterocycles. The second kappa shape index (κ2) is 8.23. The molecule has 0 aromatic carbocycles. The first kappa shape index (κ1) is 16.9. The first-order valence-electron chi connectivity index (χ1n) is 8.25. The second-order valence-corrected chi connectivity index (χ2v) is 6.31. The summed E-state index contributed by atoms with van der Waals surface area (Å²) in [4.78, 5) is 5.16. The molecule has 2 N–H and O–H groups in total. The molecule has 0 spiro atoms. The van der Waals surface area contributed by atoms with Crippen LogP contribution in [0.4, 0.5) is 0 Å². The number of hydrogen-bond acceptors (Lipinski definition) is 3. The minimum Gasteiger partial charge on any atom is -0.329 e. The third-order valence-corrected chi connectivity index (χ3v) is 5.21. The number of likely N-dealkylation sites (N-methyl/N-ethyl adjacent to an activating group) is 1. The van der Waals surface area contributed by atoms with E-state index in [9.17, 15) is 0 Å². The maximum Gasteiger partial charge on any atom is 0.0344 e. The van der Waals surface area contributed by atoms with Crippen molar-refractivity contribution < 1.29 is 0 Å². The van der Waals surface area contributed by atoms with Crippen LogP contribution in [-0.2, 0) is 0 Å². The molecule has 1 aliphatic heterocycles. The zero-order valence-electron chi connectivity index (χ0n) is 13.6. The Labute approximate surface area is 120 Å². The van der Waals surface area contributed by atoms with Gasteiger partial charge in [0.1, 0.15) is 0 Å². The average molecular weight is 269 g/mol. The van der Waals surface area contributed by atoms with Gasteiger partial charge in [0.2, 0.25) is 0 Å². The van der Waals surface area contributed by atoms with Gasteiger partial charge >= 0.3 is 0 Å². The highest BCUT2D eigenvalue weighted by Gasteiger charge is 2.36. The molecule has 0 aromatic heterocycles. The molecule has 0 radical (unpaired) electrons. The smallest absolute Gasteiger partial charge is 0.0344 e. The summed E-state index contributed by atoms with van der Waals surface area (Å²) in [5, 5.41) is 0. The Balaban J connectivity index is 2.77. The molecule has 0 bridgehead atoms. The Morgan fingerprint density at radius 1 is 1.16 bits per heavy atom. The van der Waals surface area contributed by atoms with Crippen molar-refractivity contribution in [2.75, 3.05) is 39.8 Å². The van der Waals surface area contributed by atoms with Crippen molar-refractivity contribution >= 4 is 0 Å². The molecule has 0 saturated carbocycles. The van der Waals surface area contributed by atoms with Crippen LogP contribution in [0.15, 0.2) is 0 Å². The lowest BCUT2D eigenvalue weighted by Crippen LogP contribution is -2.55. The number of nitrogens with two attached hydrogens (primary N) is 1. The summed E-state index contributed by atoms with van der Waals surface area (Å²) in [5.74, 6) is 0.823. The van der Waals surface area contributed by atoms with Gasteiger partial charge in [-0.3, -0.25) is 4.90 Å². The van der Waals surface area contributed by atoms with Gasteiger partial charge in [0.15, 0.2) is 0 Å². The van der Waals surface area contributed by atoms with E-state index >= 15 is 0 Å². The average Bonchev–Trinajstić information content (AvgIpc) is 2.63. The van der Waals surface area contributed by atoms with Crippen molar-refractivity contribution in [3.05, 3.63) is 0 Å². The van der Waals surface area contributed by atoms with Gasteiger partial charge in [-0.05, 0) is 51.9 Å². The van der Waals surface area contributed by atoms with Gasteiger partial charge < -0.3 is 10.6 Å². The molecule has 1 unspecified atom stereocenters. The SMILES string of the molecule is CCC(CC)CN(CC)C1(CN)CCCN(C)CC1. The van der Waals surface area contributed by atoms with E-state index in [1.165, 1.54) is 51.7 Å². The Morgan fingerprint density at radius 3 is 2.37 bits per heavy atom. The van der Waals surface area contributed by atoms with E-state index < -0.39 is 0 Å². The van der Waals surface area contributed by atoms with Crippen LogP contribution in [-0.4, -0.2) is 55.1 Å². The quantitative estimate of drug-likeness (QED) is 0.771. The van der Waals surface area contributed by atoms with Gasteiger partial charge in [0, 0.05) is 18.6 Å². The fraction of sp³-hybridized carbons (Fsp3) is 1.00. The van der Waals surface area contributed by atoms with Crippen LogP contribution in [0, 0.1) is 5.92 Å². The predicted octanol–water partition coefficient (Wildman–Crippen LogP) is 2.56. The van der Waals surface area contributed by atoms with Crippen LogP contribution >= 0.6 is 0 Å². The lowest BCUT2D eigenvalue weighted by molar-refractivity contribution is 0.0655. The fourth-order valence-electron chi connectivity index (χ4n) is 3.48.